The first-order valence-corrected chi connectivity index (χ1v) is 10.7. The van der Waals surface area contributed by atoms with Crippen LogP contribution in [0.25, 0.3) is 29.1 Å². The van der Waals surface area contributed by atoms with E-state index in [4.69, 9.17) is 18.6 Å². The Bertz CT molecular complexity index is 1100. The summed E-state index contributed by atoms with van der Waals surface area (Å²) in [7, 11) is -4.94. The molecule has 0 saturated carbocycles. The molecule has 0 bridgehead atoms. The van der Waals surface area contributed by atoms with Gasteiger partial charge in [-0.3, -0.25) is 0 Å². The highest BCUT2D eigenvalue weighted by molar-refractivity contribution is 5.72. The fraction of sp³-hybridized carbons (Fsp3) is 0.0833. The molecule has 0 aliphatic rings. The van der Waals surface area contributed by atoms with E-state index in [1.165, 1.54) is 11.1 Å². The minimum Gasteiger partial charge on any atom is -0.222 e. The first-order chi connectivity index (χ1) is 14.8. The van der Waals surface area contributed by atoms with Crippen molar-refractivity contribution in [1.29, 1.82) is 0 Å². The van der Waals surface area contributed by atoms with E-state index in [0.717, 1.165) is 16.9 Å². The summed E-state index contributed by atoms with van der Waals surface area (Å²) in [5.41, 5.74) is 5.60. The molecule has 3 rings (SSSR count). The van der Waals surface area contributed by atoms with E-state index < -0.39 is 10.2 Å². The zero-order valence-corrected chi connectivity index (χ0v) is 18.0. The quantitative estimate of drug-likeness (QED) is 0.434. The van der Waals surface area contributed by atoms with Crippen LogP contribution in [-0.2, 0) is 0 Å². The number of rotatable bonds is 5. The highest BCUT2D eigenvalue weighted by Crippen LogP contribution is 2.22. The van der Waals surface area contributed by atoms with Crippen LogP contribution in [0.2, 0.25) is 0 Å². The SMILES string of the molecule is C/C=C/C=C\c1ccc(-c2ccnc3cccc[n+]23)cc1/C=C/C=C/C.[O-][Cl+3]([O-])([O-])[O-]. The molecule has 0 atom stereocenters. The number of nitrogens with zero attached hydrogens (tertiary/aromatic N) is 2. The second kappa shape index (κ2) is 11.9. The largest absolute Gasteiger partial charge is 0.327 e. The number of benzene rings is 1. The van der Waals surface area contributed by atoms with E-state index >= 15 is 0 Å². The van der Waals surface area contributed by atoms with Crippen LogP contribution in [0, 0.1) is 10.2 Å². The van der Waals surface area contributed by atoms with Crippen molar-refractivity contribution >= 4 is 17.8 Å². The van der Waals surface area contributed by atoms with Gasteiger partial charge in [0.15, 0.2) is 0 Å². The van der Waals surface area contributed by atoms with Gasteiger partial charge in [-0.25, -0.2) is 18.6 Å². The lowest BCUT2D eigenvalue weighted by Crippen LogP contribution is -2.68. The van der Waals surface area contributed by atoms with E-state index in [-0.39, 0.29) is 0 Å². The zero-order valence-electron chi connectivity index (χ0n) is 17.2. The average Bonchev–Trinajstić information content (AvgIpc) is 2.73. The van der Waals surface area contributed by atoms with Crippen LogP contribution in [-0.4, -0.2) is 4.98 Å². The van der Waals surface area contributed by atoms with Gasteiger partial charge in [0.1, 0.15) is 11.9 Å². The standard InChI is InChI=1S/C24H23N2.ClHO4/c1-3-5-7-11-20-14-15-22(19-21(20)12-8-6-4-2)23-16-17-25-24-13-9-10-18-26(23)24;2-1(3,4)5/h3-19H,1-2H3;(H,2,3,4,5)/q+1;/p-1/b5-3+,6-4+,11-7-,12-8+;. The van der Waals surface area contributed by atoms with Crippen LogP contribution in [0.4, 0.5) is 0 Å². The lowest BCUT2D eigenvalue weighted by molar-refractivity contribution is -2.00. The van der Waals surface area contributed by atoms with Crippen molar-refractivity contribution in [2.24, 2.45) is 0 Å². The van der Waals surface area contributed by atoms with Crippen molar-refractivity contribution in [1.82, 2.24) is 4.98 Å². The second-order valence-corrected chi connectivity index (χ2v) is 7.01. The van der Waals surface area contributed by atoms with Gasteiger partial charge in [0, 0.05) is 17.7 Å². The van der Waals surface area contributed by atoms with E-state index in [2.05, 4.69) is 58.0 Å². The van der Waals surface area contributed by atoms with Crippen LogP contribution in [0.3, 0.4) is 0 Å². The number of pyridine rings is 1. The summed E-state index contributed by atoms with van der Waals surface area (Å²) in [6.45, 7) is 4.04. The minimum absolute atomic E-state index is 0.938. The molecule has 0 fully saturated rings. The van der Waals surface area contributed by atoms with Gasteiger partial charge in [0.2, 0.25) is 0 Å². The minimum atomic E-state index is -4.94. The summed E-state index contributed by atoms with van der Waals surface area (Å²) >= 11 is 0. The van der Waals surface area contributed by atoms with Crippen molar-refractivity contribution in [3.05, 3.63) is 102 Å². The summed E-state index contributed by atoms with van der Waals surface area (Å²) in [4.78, 5) is 4.44. The molecule has 0 spiro atoms. The summed E-state index contributed by atoms with van der Waals surface area (Å²) in [6, 6.07) is 14.7. The summed E-state index contributed by atoms with van der Waals surface area (Å²) in [5, 5.41) is 0. The number of allylic oxidation sites excluding steroid dienone is 6. The predicted molar refractivity (Wildman–Crippen MR) is 111 cm³/mol. The number of fused-ring (bicyclic) bond motifs is 1. The molecule has 2 heterocycles. The third-order valence-corrected chi connectivity index (χ3v) is 4.08. The van der Waals surface area contributed by atoms with Crippen LogP contribution in [0.5, 0.6) is 0 Å². The van der Waals surface area contributed by atoms with Crippen LogP contribution >= 0.6 is 0 Å². The van der Waals surface area contributed by atoms with Crippen molar-refractivity contribution in [3.8, 4) is 11.3 Å². The molecule has 7 heteroatoms. The molecule has 6 nitrogen and oxygen atoms in total. The molecule has 2 aromatic heterocycles. The monoisotopic (exact) mass is 438 g/mol. The Labute approximate surface area is 183 Å². The Morgan fingerprint density at radius 1 is 0.806 bits per heavy atom. The average molecular weight is 439 g/mol. The molecule has 0 N–H and O–H groups in total. The molecule has 31 heavy (non-hydrogen) atoms. The van der Waals surface area contributed by atoms with Crippen LogP contribution in [0.15, 0.2) is 91.3 Å². The van der Waals surface area contributed by atoms with Crippen molar-refractivity contribution < 1.29 is 33.3 Å². The van der Waals surface area contributed by atoms with E-state index in [0.29, 0.717) is 0 Å². The Morgan fingerprint density at radius 3 is 2.10 bits per heavy atom. The van der Waals surface area contributed by atoms with Gasteiger partial charge in [0.25, 0.3) is 0 Å². The van der Waals surface area contributed by atoms with Crippen LogP contribution in [0.1, 0.15) is 25.0 Å². The summed E-state index contributed by atoms with van der Waals surface area (Å²) in [6.07, 6.45) is 20.5. The van der Waals surface area contributed by atoms with Gasteiger partial charge in [-0.05, 0) is 42.1 Å². The van der Waals surface area contributed by atoms with Crippen molar-refractivity contribution in [3.63, 3.8) is 0 Å². The predicted octanol–water partition coefficient (Wildman–Crippen LogP) is 0.910. The fourth-order valence-electron chi connectivity index (χ4n) is 2.81. The second-order valence-electron chi connectivity index (χ2n) is 6.25. The van der Waals surface area contributed by atoms with Gasteiger partial charge in [-0.1, -0.05) is 66.8 Å². The number of halogens is 1. The smallest absolute Gasteiger partial charge is 0.222 e. The van der Waals surface area contributed by atoms with Gasteiger partial charge in [-0.2, -0.15) is 4.40 Å². The highest BCUT2D eigenvalue weighted by atomic mass is 35.7. The molecule has 0 unspecified atom stereocenters. The van der Waals surface area contributed by atoms with Crippen molar-refractivity contribution in [2.75, 3.05) is 0 Å². The van der Waals surface area contributed by atoms with Crippen LogP contribution < -0.4 is 23.0 Å². The Kier molecular flexibility index (Phi) is 9.27. The van der Waals surface area contributed by atoms with Gasteiger partial charge in [-0.15, -0.1) is 10.2 Å². The molecule has 0 amide bonds. The third-order valence-electron chi connectivity index (χ3n) is 4.08. The maximum atomic E-state index is 8.49. The molecule has 0 saturated heterocycles. The molecular formula is C24H23ClN2O4. The molecule has 0 aliphatic carbocycles. The number of hydrogen-bond acceptors (Lipinski definition) is 5. The first-order valence-electron chi connectivity index (χ1n) is 9.44. The maximum Gasteiger partial charge on any atom is 0.327 e. The van der Waals surface area contributed by atoms with E-state index in [9.17, 15) is 0 Å². The molecule has 0 aliphatic heterocycles. The highest BCUT2D eigenvalue weighted by Gasteiger charge is 2.11. The van der Waals surface area contributed by atoms with E-state index in [1.54, 1.807) is 0 Å². The normalized spacial score (nSPS) is 12.3. The number of hydrogen-bond donors (Lipinski definition) is 0. The molecule has 0 radical (unpaired) electrons. The molecule has 1 aromatic carbocycles. The topological polar surface area (TPSA) is 109 Å². The van der Waals surface area contributed by atoms with Gasteiger partial charge in [0.05, 0.1) is 6.20 Å². The van der Waals surface area contributed by atoms with Gasteiger partial charge >= 0.3 is 5.65 Å². The maximum absolute atomic E-state index is 8.49. The Morgan fingerprint density at radius 2 is 1.45 bits per heavy atom. The summed E-state index contributed by atoms with van der Waals surface area (Å²) in [5.74, 6) is 0. The lowest BCUT2D eigenvalue weighted by Gasteiger charge is -2.17. The zero-order chi connectivity index (χ0) is 22.7. The lowest BCUT2D eigenvalue weighted by atomic mass is 10.0. The fourth-order valence-corrected chi connectivity index (χ4v) is 2.81. The Hall–Kier alpha value is -3.13. The third kappa shape index (κ3) is 8.25. The van der Waals surface area contributed by atoms with E-state index in [1.807, 2.05) is 68.7 Å². The molecular weight excluding hydrogens is 416 g/mol. The summed E-state index contributed by atoms with van der Waals surface area (Å²) < 4.78 is 36.1. The number of aromatic nitrogens is 2. The van der Waals surface area contributed by atoms with Gasteiger partial charge < -0.3 is 0 Å². The molecule has 3 aromatic rings. The molecule has 160 valence electrons. The van der Waals surface area contributed by atoms with Crippen molar-refractivity contribution in [2.45, 2.75) is 13.8 Å². The first kappa shape index (κ1) is 24.1. The Balaban J connectivity index is 0.000000614.